The number of hydrogen-bond donors (Lipinski definition) is 1. The Morgan fingerprint density at radius 2 is 2.00 bits per heavy atom. The van der Waals surface area contributed by atoms with Crippen molar-refractivity contribution in [3.63, 3.8) is 0 Å². The Labute approximate surface area is 166 Å². The van der Waals surface area contributed by atoms with Gasteiger partial charge in [0.25, 0.3) is 5.69 Å². The van der Waals surface area contributed by atoms with Crippen LogP contribution in [0.5, 0.6) is 0 Å². The maximum Gasteiger partial charge on any atom is 0.323 e. The lowest BCUT2D eigenvalue weighted by Crippen LogP contribution is -2.49. The Hall–Kier alpha value is -2.97. The highest BCUT2D eigenvalue weighted by Crippen LogP contribution is 2.27. The number of carbonyl (C=O) groups excluding carboxylic acids is 2. The fraction of sp³-hybridized carbons (Fsp3) is 0.263. The zero-order chi connectivity index (χ0) is 20.3. The van der Waals surface area contributed by atoms with Crippen LogP contribution in [0.1, 0.15) is 11.1 Å². The summed E-state index contributed by atoms with van der Waals surface area (Å²) in [6.07, 6.45) is 0.453. The number of halogens is 1. The minimum Gasteiger partial charge on any atom is -0.468 e. The largest absolute Gasteiger partial charge is 0.468 e. The standard InChI is InChI=1S/C19H18ClN3O5/c1-28-19(25)17-8-12-4-2-3-5-13(12)10-22(17)11-18(24)21-16-7-6-14(23(26)27)9-15(16)20/h2-7,9,17H,8,10-11H2,1H3,(H,21,24)/t17-/m0/s1. The molecule has 0 saturated heterocycles. The average molecular weight is 404 g/mol. The summed E-state index contributed by atoms with van der Waals surface area (Å²) in [5.74, 6) is -0.792. The molecule has 1 atom stereocenters. The van der Waals surface area contributed by atoms with Crippen molar-refractivity contribution in [2.24, 2.45) is 0 Å². The molecule has 3 rings (SSSR count). The number of ether oxygens (including phenoxy) is 1. The zero-order valence-electron chi connectivity index (χ0n) is 15.1. The van der Waals surface area contributed by atoms with Gasteiger partial charge in [0.1, 0.15) is 6.04 Å². The van der Waals surface area contributed by atoms with Crippen LogP contribution in [0, 0.1) is 10.1 Å². The van der Waals surface area contributed by atoms with Crippen LogP contribution in [-0.2, 0) is 27.3 Å². The van der Waals surface area contributed by atoms with E-state index in [2.05, 4.69) is 5.32 Å². The Balaban J connectivity index is 1.74. The third-order valence-electron chi connectivity index (χ3n) is 4.60. The molecule has 1 N–H and O–H groups in total. The molecule has 0 spiro atoms. The predicted molar refractivity (Wildman–Crippen MR) is 103 cm³/mol. The number of methoxy groups -OCH3 is 1. The summed E-state index contributed by atoms with van der Waals surface area (Å²) in [6.45, 7) is 0.374. The van der Waals surface area contributed by atoms with Gasteiger partial charge in [0, 0.05) is 18.7 Å². The second-order valence-corrected chi connectivity index (χ2v) is 6.79. The molecule has 2 aromatic carbocycles. The van der Waals surface area contributed by atoms with Crippen molar-refractivity contribution in [2.45, 2.75) is 19.0 Å². The molecule has 8 nitrogen and oxygen atoms in total. The summed E-state index contributed by atoms with van der Waals surface area (Å²) in [6, 6.07) is 11.0. The number of esters is 1. The van der Waals surface area contributed by atoms with Gasteiger partial charge < -0.3 is 10.1 Å². The normalized spacial score (nSPS) is 16.1. The van der Waals surface area contributed by atoms with E-state index in [0.717, 1.165) is 11.1 Å². The van der Waals surface area contributed by atoms with Crippen molar-refractivity contribution in [1.29, 1.82) is 0 Å². The lowest BCUT2D eigenvalue weighted by molar-refractivity contribution is -0.384. The highest BCUT2D eigenvalue weighted by molar-refractivity contribution is 6.34. The molecule has 146 valence electrons. The molecule has 1 heterocycles. The highest BCUT2D eigenvalue weighted by Gasteiger charge is 2.33. The molecule has 0 aromatic heterocycles. The van der Waals surface area contributed by atoms with Crippen LogP contribution < -0.4 is 5.32 Å². The quantitative estimate of drug-likeness (QED) is 0.468. The smallest absolute Gasteiger partial charge is 0.323 e. The van der Waals surface area contributed by atoms with Gasteiger partial charge in [-0.15, -0.1) is 0 Å². The second-order valence-electron chi connectivity index (χ2n) is 6.39. The lowest BCUT2D eigenvalue weighted by Gasteiger charge is -2.34. The first-order chi connectivity index (χ1) is 13.4. The van der Waals surface area contributed by atoms with Crippen LogP contribution in [0.15, 0.2) is 42.5 Å². The molecular weight excluding hydrogens is 386 g/mol. The Morgan fingerprint density at radius 1 is 1.29 bits per heavy atom. The van der Waals surface area contributed by atoms with Crippen LogP contribution in [0.2, 0.25) is 5.02 Å². The van der Waals surface area contributed by atoms with Crippen molar-refractivity contribution >= 4 is 34.9 Å². The van der Waals surface area contributed by atoms with E-state index in [0.29, 0.717) is 13.0 Å². The number of anilines is 1. The van der Waals surface area contributed by atoms with Crippen molar-refractivity contribution < 1.29 is 19.2 Å². The number of carbonyl (C=O) groups is 2. The minimum atomic E-state index is -0.571. The molecule has 28 heavy (non-hydrogen) atoms. The fourth-order valence-corrected chi connectivity index (χ4v) is 3.43. The monoisotopic (exact) mass is 403 g/mol. The number of non-ortho nitro benzene ring substituents is 1. The average Bonchev–Trinajstić information content (AvgIpc) is 2.68. The summed E-state index contributed by atoms with van der Waals surface area (Å²) in [7, 11) is 1.32. The van der Waals surface area contributed by atoms with E-state index in [4.69, 9.17) is 16.3 Å². The Morgan fingerprint density at radius 3 is 2.64 bits per heavy atom. The number of nitro benzene ring substituents is 1. The molecule has 0 fully saturated rings. The number of amides is 1. The first-order valence-corrected chi connectivity index (χ1v) is 8.89. The highest BCUT2D eigenvalue weighted by atomic mass is 35.5. The van der Waals surface area contributed by atoms with Crippen LogP contribution >= 0.6 is 11.6 Å². The van der Waals surface area contributed by atoms with E-state index in [9.17, 15) is 19.7 Å². The molecule has 0 unspecified atom stereocenters. The molecule has 2 aromatic rings. The molecule has 1 aliphatic rings. The van der Waals surface area contributed by atoms with Gasteiger partial charge in [0.05, 0.1) is 29.3 Å². The van der Waals surface area contributed by atoms with Crippen LogP contribution in [0.25, 0.3) is 0 Å². The third-order valence-corrected chi connectivity index (χ3v) is 4.92. The van der Waals surface area contributed by atoms with Gasteiger partial charge in [0.2, 0.25) is 5.91 Å². The SMILES string of the molecule is COC(=O)[C@@H]1Cc2ccccc2CN1CC(=O)Nc1ccc([N+](=O)[O-])cc1Cl. The summed E-state index contributed by atoms with van der Waals surface area (Å²) < 4.78 is 4.89. The number of rotatable bonds is 5. The Kier molecular flexibility index (Phi) is 5.91. The van der Waals surface area contributed by atoms with Gasteiger partial charge in [-0.3, -0.25) is 24.6 Å². The van der Waals surface area contributed by atoms with Crippen molar-refractivity contribution in [3.8, 4) is 0 Å². The van der Waals surface area contributed by atoms with E-state index in [1.165, 1.54) is 25.3 Å². The summed E-state index contributed by atoms with van der Waals surface area (Å²) in [5, 5.41) is 13.5. The summed E-state index contributed by atoms with van der Waals surface area (Å²) in [4.78, 5) is 36.7. The topological polar surface area (TPSA) is 102 Å². The van der Waals surface area contributed by atoms with Crippen LogP contribution in [0.4, 0.5) is 11.4 Å². The van der Waals surface area contributed by atoms with Crippen molar-refractivity contribution in [3.05, 3.63) is 68.7 Å². The van der Waals surface area contributed by atoms with Crippen molar-refractivity contribution in [2.75, 3.05) is 19.0 Å². The number of benzene rings is 2. The van der Waals surface area contributed by atoms with E-state index >= 15 is 0 Å². The van der Waals surface area contributed by atoms with Crippen LogP contribution in [-0.4, -0.2) is 41.4 Å². The predicted octanol–water partition coefficient (Wildman–Crippen LogP) is 2.79. The van der Waals surface area contributed by atoms with Gasteiger partial charge in [-0.05, 0) is 23.6 Å². The molecule has 0 bridgehead atoms. The molecule has 0 saturated carbocycles. The number of hydrogen-bond acceptors (Lipinski definition) is 6. The van der Waals surface area contributed by atoms with E-state index in [1.807, 2.05) is 24.3 Å². The van der Waals surface area contributed by atoms with Gasteiger partial charge >= 0.3 is 5.97 Å². The lowest BCUT2D eigenvalue weighted by atomic mass is 9.94. The first kappa shape index (κ1) is 19.8. The fourth-order valence-electron chi connectivity index (χ4n) is 3.20. The molecule has 0 radical (unpaired) electrons. The molecular formula is C19H18ClN3O5. The number of nitro groups is 1. The van der Waals surface area contributed by atoms with E-state index < -0.39 is 16.9 Å². The van der Waals surface area contributed by atoms with E-state index in [-0.39, 0.29) is 28.8 Å². The van der Waals surface area contributed by atoms with Crippen LogP contribution in [0.3, 0.4) is 0 Å². The molecule has 1 amide bonds. The molecule has 0 aliphatic carbocycles. The molecule has 9 heteroatoms. The first-order valence-electron chi connectivity index (χ1n) is 8.51. The molecule has 1 aliphatic heterocycles. The summed E-state index contributed by atoms with van der Waals surface area (Å²) in [5.41, 5.74) is 2.20. The minimum absolute atomic E-state index is 0.0541. The van der Waals surface area contributed by atoms with Gasteiger partial charge in [-0.1, -0.05) is 35.9 Å². The van der Waals surface area contributed by atoms with E-state index in [1.54, 1.807) is 4.90 Å². The maximum atomic E-state index is 12.5. The van der Waals surface area contributed by atoms with Gasteiger partial charge in [-0.2, -0.15) is 0 Å². The second kappa shape index (κ2) is 8.37. The number of nitrogens with one attached hydrogen (secondary N) is 1. The van der Waals surface area contributed by atoms with Crippen molar-refractivity contribution in [1.82, 2.24) is 4.90 Å². The third kappa shape index (κ3) is 4.29. The summed E-state index contributed by atoms with van der Waals surface area (Å²) >= 11 is 6.02. The Bertz CT molecular complexity index is 934. The van der Waals surface area contributed by atoms with Gasteiger partial charge in [0.15, 0.2) is 0 Å². The zero-order valence-corrected chi connectivity index (χ0v) is 15.8. The number of fused-ring (bicyclic) bond motifs is 1. The maximum absolute atomic E-state index is 12.5. The van der Waals surface area contributed by atoms with Gasteiger partial charge in [-0.25, -0.2) is 0 Å². The number of nitrogens with zero attached hydrogens (tertiary/aromatic N) is 2.